The molecule has 1 heterocycles. The molecule has 1 aromatic carbocycles. The summed E-state index contributed by atoms with van der Waals surface area (Å²) in [5.41, 5.74) is 2.38. The second-order valence-electron chi connectivity index (χ2n) is 3.53. The molecule has 13 heavy (non-hydrogen) atoms. The lowest BCUT2D eigenvalue weighted by atomic mass is 9.98. The Hall–Kier alpha value is -0.130. The summed E-state index contributed by atoms with van der Waals surface area (Å²) >= 11 is 2.29. The Labute approximate surface area is 91.7 Å². The van der Waals surface area contributed by atoms with E-state index in [1.807, 2.05) is 19.2 Å². The summed E-state index contributed by atoms with van der Waals surface area (Å²) in [6.07, 6.45) is -0.318. The topological polar surface area (TPSA) is 23.5 Å². The molecule has 0 spiro atoms. The molecule has 1 aromatic rings. The van der Waals surface area contributed by atoms with Gasteiger partial charge in [-0.3, -0.25) is 4.90 Å². The second-order valence-corrected chi connectivity index (χ2v) is 4.69. The maximum absolute atomic E-state index is 9.87. The molecule has 0 aromatic heterocycles. The van der Waals surface area contributed by atoms with E-state index < -0.39 is 0 Å². The van der Waals surface area contributed by atoms with Crippen LogP contribution >= 0.6 is 22.6 Å². The van der Waals surface area contributed by atoms with Crippen molar-refractivity contribution in [1.82, 2.24) is 4.90 Å². The number of fused-ring (bicyclic) bond motifs is 1. The van der Waals surface area contributed by atoms with Gasteiger partial charge in [0.1, 0.15) is 0 Å². The first-order chi connectivity index (χ1) is 6.18. The van der Waals surface area contributed by atoms with Gasteiger partial charge in [0.25, 0.3) is 0 Å². The maximum atomic E-state index is 9.87. The first-order valence-corrected chi connectivity index (χ1v) is 5.40. The van der Waals surface area contributed by atoms with Gasteiger partial charge in [-0.05, 0) is 46.8 Å². The summed E-state index contributed by atoms with van der Waals surface area (Å²) in [6.45, 7) is 1.69. The van der Waals surface area contributed by atoms with E-state index in [1.165, 1.54) is 9.13 Å². The molecule has 70 valence electrons. The molecule has 0 bridgehead atoms. The van der Waals surface area contributed by atoms with Crippen molar-refractivity contribution >= 4 is 22.6 Å². The fraction of sp³-hybridized carbons (Fsp3) is 0.400. The summed E-state index contributed by atoms with van der Waals surface area (Å²) in [7, 11) is 2.03. The average Bonchev–Trinajstić information content (AvgIpc) is 2.02. The van der Waals surface area contributed by atoms with Gasteiger partial charge in [-0.15, -0.1) is 0 Å². The highest BCUT2D eigenvalue weighted by atomic mass is 127. The van der Waals surface area contributed by atoms with Crippen molar-refractivity contribution in [3.05, 3.63) is 32.9 Å². The predicted octanol–water partition coefficient (Wildman–Crippen LogP) is 1.77. The van der Waals surface area contributed by atoms with Gasteiger partial charge < -0.3 is 5.11 Å². The lowest BCUT2D eigenvalue weighted by Gasteiger charge is -2.29. The maximum Gasteiger partial charge on any atom is 0.0930 e. The zero-order valence-electron chi connectivity index (χ0n) is 7.50. The Morgan fingerprint density at radius 1 is 1.54 bits per heavy atom. The zero-order valence-corrected chi connectivity index (χ0v) is 9.65. The van der Waals surface area contributed by atoms with Crippen LogP contribution in [-0.2, 0) is 6.54 Å². The smallest absolute Gasteiger partial charge is 0.0930 e. The van der Waals surface area contributed by atoms with Crippen LogP contribution in [0.5, 0.6) is 0 Å². The minimum Gasteiger partial charge on any atom is -0.387 e. The number of benzene rings is 1. The third kappa shape index (κ3) is 1.73. The molecule has 0 aliphatic carbocycles. The van der Waals surface area contributed by atoms with Gasteiger partial charge in [-0.2, -0.15) is 0 Å². The molecule has 2 nitrogen and oxygen atoms in total. The van der Waals surface area contributed by atoms with Crippen molar-refractivity contribution in [2.75, 3.05) is 13.6 Å². The van der Waals surface area contributed by atoms with Crippen molar-refractivity contribution in [2.45, 2.75) is 12.6 Å². The number of nitrogens with zero attached hydrogens (tertiary/aromatic N) is 1. The Bertz CT molecular complexity index is 327. The molecule has 0 unspecified atom stereocenters. The van der Waals surface area contributed by atoms with Gasteiger partial charge in [0.05, 0.1) is 6.10 Å². The molecule has 1 N–H and O–H groups in total. The van der Waals surface area contributed by atoms with Crippen LogP contribution in [0.4, 0.5) is 0 Å². The van der Waals surface area contributed by atoms with Crippen molar-refractivity contribution in [3.63, 3.8) is 0 Å². The highest BCUT2D eigenvalue weighted by molar-refractivity contribution is 14.1. The van der Waals surface area contributed by atoms with Gasteiger partial charge in [0.15, 0.2) is 0 Å². The van der Waals surface area contributed by atoms with Gasteiger partial charge >= 0.3 is 0 Å². The Morgan fingerprint density at radius 2 is 2.31 bits per heavy atom. The highest BCUT2D eigenvalue weighted by Gasteiger charge is 2.22. The van der Waals surface area contributed by atoms with Crippen LogP contribution in [-0.4, -0.2) is 23.6 Å². The van der Waals surface area contributed by atoms with E-state index in [2.05, 4.69) is 33.6 Å². The van der Waals surface area contributed by atoms with Gasteiger partial charge in [0.2, 0.25) is 0 Å². The summed E-state index contributed by atoms with van der Waals surface area (Å²) in [5, 5.41) is 9.87. The number of aliphatic hydroxyl groups excluding tert-OH is 1. The van der Waals surface area contributed by atoms with Crippen LogP contribution < -0.4 is 0 Å². The highest BCUT2D eigenvalue weighted by Crippen LogP contribution is 2.29. The SMILES string of the molecule is CN1Cc2cccc(I)c2[C@@H](O)C1. The van der Waals surface area contributed by atoms with Gasteiger partial charge in [-0.25, -0.2) is 0 Å². The molecule has 1 aliphatic heterocycles. The predicted molar refractivity (Wildman–Crippen MR) is 60.5 cm³/mol. The molecule has 0 fully saturated rings. The van der Waals surface area contributed by atoms with E-state index >= 15 is 0 Å². The lowest BCUT2D eigenvalue weighted by molar-refractivity contribution is 0.107. The normalized spacial score (nSPS) is 22.8. The van der Waals surface area contributed by atoms with Crippen LogP contribution in [0.3, 0.4) is 0 Å². The van der Waals surface area contributed by atoms with Crippen molar-refractivity contribution in [3.8, 4) is 0 Å². The minimum atomic E-state index is -0.318. The lowest BCUT2D eigenvalue weighted by Crippen LogP contribution is -2.30. The second kappa shape index (κ2) is 3.55. The number of aliphatic hydroxyl groups is 1. The summed E-state index contributed by atoms with van der Waals surface area (Å²) in [6, 6.07) is 6.19. The van der Waals surface area contributed by atoms with Crippen LogP contribution in [0.15, 0.2) is 18.2 Å². The number of hydrogen-bond donors (Lipinski definition) is 1. The van der Waals surface area contributed by atoms with Crippen molar-refractivity contribution in [1.29, 1.82) is 0 Å². The molecule has 1 aliphatic rings. The van der Waals surface area contributed by atoms with Crippen LogP contribution in [0, 0.1) is 3.57 Å². The van der Waals surface area contributed by atoms with E-state index in [9.17, 15) is 5.11 Å². The van der Waals surface area contributed by atoms with Crippen molar-refractivity contribution in [2.24, 2.45) is 0 Å². The van der Waals surface area contributed by atoms with E-state index in [-0.39, 0.29) is 6.10 Å². The quantitative estimate of drug-likeness (QED) is 0.736. The van der Waals surface area contributed by atoms with Crippen LogP contribution in [0.1, 0.15) is 17.2 Å². The first kappa shape index (κ1) is 9.43. The molecule has 0 amide bonds. The Morgan fingerprint density at radius 3 is 3.08 bits per heavy atom. The van der Waals surface area contributed by atoms with E-state index in [0.717, 1.165) is 18.7 Å². The Kier molecular flexibility index (Phi) is 2.58. The first-order valence-electron chi connectivity index (χ1n) is 4.32. The number of halogens is 1. The summed E-state index contributed by atoms with van der Waals surface area (Å²) in [4.78, 5) is 2.14. The molecule has 3 heteroatoms. The van der Waals surface area contributed by atoms with E-state index in [0.29, 0.717) is 0 Å². The third-order valence-corrected chi connectivity index (χ3v) is 3.34. The average molecular weight is 289 g/mol. The van der Waals surface area contributed by atoms with Gasteiger partial charge in [-0.1, -0.05) is 12.1 Å². The minimum absolute atomic E-state index is 0.318. The summed E-state index contributed by atoms with van der Waals surface area (Å²) in [5.74, 6) is 0. The van der Waals surface area contributed by atoms with Crippen LogP contribution in [0.2, 0.25) is 0 Å². The largest absolute Gasteiger partial charge is 0.387 e. The van der Waals surface area contributed by atoms with Crippen LogP contribution in [0.25, 0.3) is 0 Å². The molecule has 1 atom stereocenters. The van der Waals surface area contributed by atoms with E-state index in [4.69, 9.17) is 0 Å². The molecule has 0 saturated heterocycles. The number of likely N-dealkylation sites (N-methyl/N-ethyl adjacent to an activating group) is 1. The van der Waals surface area contributed by atoms with E-state index in [1.54, 1.807) is 0 Å². The van der Waals surface area contributed by atoms with Gasteiger partial charge in [0, 0.05) is 16.7 Å². The molecule has 0 saturated carbocycles. The fourth-order valence-corrected chi connectivity index (χ4v) is 2.75. The standard InChI is InChI=1S/C10H12INO/c1-12-5-7-3-2-4-8(11)10(7)9(13)6-12/h2-4,9,13H,5-6H2,1H3/t9-/m0/s1. The van der Waals surface area contributed by atoms with Crippen molar-refractivity contribution < 1.29 is 5.11 Å². The molecule has 2 rings (SSSR count). The molecule has 0 radical (unpaired) electrons. The monoisotopic (exact) mass is 289 g/mol. The Balaban J connectivity index is 2.49. The third-order valence-electron chi connectivity index (χ3n) is 2.40. The zero-order chi connectivity index (χ0) is 9.42. The molecular formula is C10H12INO. The molecular weight excluding hydrogens is 277 g/mol. The fourth-order valence-electron chi connectivity index (χ4n) is 1.83. The number of rotatable bonds is 0. The number of β-amino-alcohol motifs (C(OH)–C–C–N with tert-alkyl or cyclic N) is 1. The number of hydrogen-bond acceptors (Lipinski definition) is 2. The summed E-state index contributed by atoms with van der Waals surface area (Å²) < 4.78 is 1.18.